The molecule has 3 nitrogen and oxygen atoms in total. The molecule has 3 rings (SSSR count). The molecule has 2 aliphatic heterocycles. The van der Waals surface area contributed by atoms with Crippen molar-refractivity contribution in [1.82, 2.24) is 9.80 Å². The van der Waals surface area contributed by atoms with Crippen molar-refractivity contribution in [1.29, 1.82) is 0 Å². The molecule has 18 heavy (non-hydrogen) atoms. The fourth-order valence-electron chi connectivity index (χ4n) is 2.97. The molecule has 2 heterocycles. The molecule has 96 valence electrons. The van der Waals surface area contributed by atoms with Gasteiger partial charge in [0.05, 0.1) is 0 Å². The summed E-state index contributed by atoms with van der Waals surface area (Å²) in [6.45, 7) is 4.34. The predicted molar refractivity (Wildman–Crippen MR) is 74.1 cm³/mol. The molecule has 1 N–H and O–H groups in total. The number of benzene rings is 1. The molecule has 0 saturated carbocycles. The smallest absolute Gasteiger partial charge is 0.173 e. The number of nitrogens with one attached hydrogen (secondary N) is 1. The second-order valence-corrected chi connectivity index (χ2v) is 5.86. The zero-order valence-electron chi connectivity index (χ0n) is 10.3. The van der Waals surface area contributed by atoms with E-state index in [9.17, 15) is 4.39 Å². The number of nitrogens with zero attached hydrogens (tertiary/aromatic N) is 2. The number of halogens is 1. The van der Waals surface area contributed by atoms with Gasteiger partial charge in [0.15, 0.2) is 5.11 Å². The lowest BCUT2D eigenvalue weighted by Crippen LogP contribution is -2.72. The minimum Gasteiger partial charge on any atom is -0.348 e. The Morgan fingerprint density at radius 3 is 2.67 bits per heavy atom. The van der Waals surface area contributed by atoms with Crippen LogP contribution in [0.4, 0.5) is 10.1 Å². The van der Waals surface area contributed by atoms with Crippen LogP contribution in [0.1, 0.15) is 0 Å². The lowest BCUT2D eigenvalue weighted by molar-refractivity contribution is -0.0726. The lowest BCUT2D eigenvalue weighted by Gasteiger charge is -2.60. The summed E-state index contributed by atoms with van der Waals surface area (Å²) >= 11 is 5.34. The molecule has 0 radical (unpaired) electrons. The molecule has 0 bridgehead atoms. The third kappa shape index (κ3) is 2.08. The summed E-state index contributed by atoms with van der Waals surface area (Å²) in [5.74, 6) is -0.247. The summed E-state index contributed by atoms with van der Waals surface area (Å²) < 4.78 is 13.0. The minimum absolute atomic E-state index is 0.247. The molecule has 0 atom stereocenters. The molecule has 5 heteroatoms. The van der Waals surface area contributed by atoms with Crippen molar-refractivity contribution in [2.75, 3.05) is 38.5 Å². The van der Waals surface area contributed by atoms with E-state index in [1.54, 1.807) is 6.07 Å². The highest BCUT2D eigenvalue weighted by Crippen LogP contribution is 2.38. The molecule has 1 spiro atoms. The maximum absolute atomic E-state index is 13.0. The SMILES string of the molecule is CN1CC2(C1)CN(C(=S)Nc1cccc(F)c1)C2. The third-order valence-corrected chi connectivity index (χ3v) is 3.99. The van der Waals surface area contributed by atoms with Crippen molar-refractivity contribution >= 4 is 23.0 Å². The lowest BCUT2D eigenvalue weighted by atomic mass is 9.73. The highest BCUT2D eigenvalue weighted by molar-refractivity contribution is 7.80. The summed E-state index contributed by atoms with van der Waals surface area (Å²) in [5.41, 5.74) is 1.18. The van der Waals surface area contributed by atoms with Crippen molar-refractivity contribution in [2.45, 2.75) is 0 Å². The van der Waals surface area contributed by atoms with E-state index in [0.717, 1.165) is 26.2 Å². The van der Waals surface area contributed by atoms with E-state index in [1.807, 2.05) is 6.07 Å². The van der Waals surface area contributed by atoms with Gasteiger partial charge in [0, 0.05) is 37.3 Å². The van der Waals surface area contributed by atoms with Gasteiger partial charge in [-0.15, -0.1) is 0 Å². The number of hydrogen-bond acceptors (Lipinski definition) is 2. The van der Waals surface area contributed by atoms with Crippen LogP contribution in [-0.2, 0) is 0 Å². The first kappa shape index (κ1) is 11.9. The van der Waals surface area contributed by atoms with Crippen LogP contribution in [0.15, 0.2) is 24.3 Å². The summed E-state index contributed by atoms with van der Waals surface area (Å²) in [7, 11) is 2.14. The zero-order valence-corrected chi connectivity index (χ0v) is 11.1. The van der Waals surface area contributed by atoms with Gasteiger partial charge in [-0.25, -0.2) is 4.39 Å². The number of thiocarbonyl (C=S) groups is 1. The highest BCUT2D eigenvalue weighted by Gasteiger charge is 2.51. The van der Waals surface area contributed by atoms with E-state index in [2.05, 4.69) is 22.2 Å². The first-order chi connectivity index (χ1) is 8.56. The number of rotatable bonds is 1. The maximum atomic E-state index is 13.0. The molecule has 2 aliphatic rings. The summed E-state index contributed by atoms with van der Waals surface area (Å²) in [6, 6.07) is 6.39. The molecule has 1 aromatic carbocycles. The van der Waals surface area contributed by atoms with Crippen LogP contribution >= 0.6 is 12.2 Å². The average Bonchev–Trinajstić information content (AvgIpc) is 2.21. The third-order valence-electron chi connectivity index (χ3n) is 3.63. The largest absolute Gasteiger partial charge is 0.348 e. The first-order valence-electron chi connectivity index (χ1n) is 6.06. The fraction of sp³-hybridized carbons (Fsp3) is 0.462. The average molecular weight is 265 g/mol. The molecular weight excluding hydrogens is 249 g/mol. The monoisotopic (exact) mass is 265 g/mol. The van der Waals surface area contributed by atoms with E-state index in [1.165, 1.54) is 12.1 Å². The topological polar surface area (TPSA) is 18.5 Å². The van der Waals surface area contributed by atoms with Crippen LogP contribution in [-0.4, -0.2) is 48.1 Å². The van der Waals surface area contributed by atoms with Crippen LogP contribution < -0.4 is 5.32 Å². The normalized spacial score (nSPS) is 21.3. The number of anilines is 1. The molecule has 2 fully saturated rings. The number of hydrogen-bond donors (Lipinski definition) is 1. The van der Waals surface area contributed by atoms with E-state index in [0.29, 0.717) is 16.2 Å². The van der Waals surface area contributed by atoms with E-state index >= 15 is 0 Å². The van der Waals surface area contributed by atoms with Crippen LogP contribution in [0, 0.1) is 11.2 Å². The maximum Gasteiger partial charge on any atom is 0.173 e. The van der Waals surface area contributed by atoms with Crippen LogP contribution in [0.3, 0.4) is 0 Å². The van der Waals surface area contributed by atoms with Crippen molar-refractivity contribution in [3.63, 3.8) is 0 Å². The summed E-state index contributed by atoms with van der Waals surface area (Å²) in [4.78, 5) is 4.47. The van der Waals surface area contributed by atoms with E-state index in [-0.39, 0.29) is 5.82 Å². The fourth-order valence-corrected chi connectivity index (χ4v) is 3.22. The van der Waals surface area contributed by atoms with Gasteiger partial charge in [-0.05, 0) is 37.5 Å². The second kappa shape index (κ2) is 4.17. The van der Waals surface area contributed by atoms with Crippen molar-refractivity contribution < 1.29 is 4.39 Å². The van der Waals surface area contributed by atoms with Gasteiger partial charge in [-0.2, -0.15) is 0 Å². The van der Waals surface area contributed by atoms with E-state index < -0.39 is 0 Å². The molecule has 0 aromatic heterocycles. The Labute approximate surface area is 112 Å². The predicted octanol–water partition coefficient (Wildman–Crippen LogP) is 1.77. The van der Waals surface area contributed by atoms with Crippen LogP contribution in [0.5, 0.6) is 0 Å². The van der Waals surface area contributed by atoms with Gasteiger partial charge in [-0.3, -0.25) is 0 Å². The standard InChI is InChI=1S/C13H16FN3S/c1-16-6-13(7-16)8-17(9-13)12(18)15-11-4-2-3-10(14)5-11/h2-5H,6-9H2,1H3,(H,15,18). The Morgan fingerprint density at radius 1 is 1.33 bits per heavy atom. The molecule has 2 saturated heterocycles. The Morgan fingerprint density at radius 2 is 2.06 bits per heavy atom. The molecule has 0 aliphatic carbocycles. The zero-order chi connectivity index (χ0) is 12.8. The first-order valence-corrected chi connectivity index (χ1v) is 6.47. The summed E-state index contributed by atoms with van der Waals surface area (Å²) in [6.07, 6.45) is 0. The van der Waals surface area contributed by atoms with Gasteiger partial charge < -0.3 is 15.1 Å². The van der Waals surface area contributed by atoms with E-state index in [4.69, 9.17) is 12.2 Å². The molecule has 0 unspecified atom stereocenters. The van der Waals surface area contributed by atoms with Gasteiger partial charge in [0.25, 0.3) is 0 Å². The van der Waals surface area contributed by atoms with Gasteiger partial charge >= 0.3 is 0 Å². The van der Waals surface area contributed by atoms with Crippen LogP contribution in [0.25, 0.3) is 0 Å². The van der Waals surface area contributed by atoms with Crippen LogP contribution in [0.2, 0.25) is 0 Å². The second-order valence-electron chi connectivity index (χ2n) is 5.47. The summed E-state index contributed by atoms with van der Waals surface area (Å²) in [5, 5.41) is 3.78. The van der Waals surface area contributed by atoms with Gasteiger partial charge in [-0.1, -0.05) is 6.07 Å². The minimum atomic E-state index is -0.247. The Kier molecular flexibility index (Phi) is 2.75. The van der Waals surface area contributed by atoms with Gasteiger partial charge in [0.2, 0.25) is 0 Å². The Hall–Kier alpha value is -1.20. The number of likely N-dealkylation sites (tertiary alicyclic amines) is 2. The Balaban J connectivity index is 1.54. The van der Waals surface area contributed by atoms with Crippen molar-refractivity contribution in [3.05, 3.63) is 30.1 Å². The quantitative estimate of drug-likeness (QED) is 0.780. The molecule has 1 aromatic rings. The highest BCUT2D eigenvalue weighted by atomic mass is 32.1. The molecule has 0 amide bonds. The van der Waals surface area contributed by atoms with Crippen molar-refractivity contribution in [2.24, 2.45) is 5.41 Å². The van der Waals surface area contributed by atoms with Crippen molar-refractivity contribution in [3.8, 4) is 0 Å². The Bertz CT molecular complexity index is 477. The molecular formula is C13H16FN3S. The van der Waals surface area contributed by atoms with Gasteiger partial charge in [0.1, 0.15) is 5.82 Å².